The van der Waals surface area contributed by atoms with Crippen LogP contribution in [0.5, 0.6) is 0 Å². The van der Waals surface area contributed by atoms with Crippen LogP contribution < -0.4 is 24.8 Å². The van der Waals surface area contributed by atoms with Crippen molar-refractivity contribution in [1.29, 1.82) is 0 Å². The van der Waals surface area contributed by atoms with E-state index in [-0.39, 0.29) is 24.8 Å². The Bertz CT molecular complexity index is 920. The number of allylic oxidation sites excluding steroid dienone is 2. The Hall–Kier alpha value is -0.786. The summed E-state index contributed by atoms with van der Waals surface area (Å²) >= 11 is -2.14. The zero-order chi connectivity index (χ0) is 20.2. The predicted octanol–water partition coefficient (Wildman–Crippen LogP) is 2.37. The molecule has 2 aliphatic carbocycles. The molecule has 0 N–H and O–H groups in total. The van der Waals surface area contributed by atoms with Gasteiger partial charge in [0.1, 0.15) is 0 Å². The second-order valence-corrected chi connectivity index (χ2v) is 17.7. The summed E-state index contributed by atoms with van der Waals surface area (Å²) in [5.74, 6) is 1.47. The summed E-state index contributed by atoms with van der Waals surface area (Å²) in [6, 6.07) is 18.7. The van der Waals surface area contributed by atoms with Crippen LogP contribution in [0.3, 0.4) is 0 Å². The quantitative estimate of drug-likeness (QED) is 0.547. The number of benzene rings is 2. The van der Waals surface area contributed by atoms with E-state index in [2.05, 4.69) is 88.4 Å². The second-order valence-electron chi connectivity index (χ2n) is 10.5. The van der Waals surface area contributed by atoms with Gasteiger partial charge in [0, 0.05) is 0 Å². The number of halogens is 2. The first-order chi connectivity index (χ1) is 14.0. The van der Waals surface area contributed by atoms with Gasteiger partial charge < -0.3 is 24.8 Å². The molecule has 31 heavy (non-hydrogen) atoms. The van der Waals surface area contributed by atoms with Crippen molar-refractivity contribution in [3.05, 3.63) is 81.9 Å². The van der Waals surface area contributed by atoms with Crippen LogP contribution in [0.1, 0.15) is 71.2 Å². The van der Waals surface area contributed by atoms with Crippen LogP contribution in [-0.4, -0.2) is 0 Å². The maximum atomic E-state index is 2.58. The molecule has 164 valence electrons. The molecule has 1 aliphatic heterocycles. The van der Waals surface area contributed by atoms with E-state index in [0.29, 0.717) is 0 Å². The minimum absolute atomic E-state index is 0. The molecular formula is C28H34Cl2Ti. The largest absolute Gasteiger partial charge is 1.00 e. The average molecular weight is 489 g/mol. The summed E-state index contributed by atoms with van der Waals surface area (Å²) < 4.78 is 4.65. The van der Waals surface area contributed by atoms with E-state index in [1.54, 1.807) is 31.7 Å². The van der Waals surface area contributed by atoms with E-state index in [0.717, 1.165) is 20.3 Å². The molecule has 1 saturated heterocycles. The molecule has 3 aliphatic rings. The molecule has 2 atom stereocenters. The van der Waals surface area contributed by atoms with Crippen LogP contribution >= 0.6 is 0 Å². The molecule has 5 rings (SSSR count). The Morgan fingerprint density at radius 2 is 1.06 bits per heavy atom. The van der Waals surface area contributed by atoms with Gasteiger partial charge in [-0.25, -0.2) is 0 Å². The first-order valence-electron chi connectivity index (χ1n) is 11.6. The number of hydrogen-bond acceptors (Lipinski definition) is 0. The Morgan fingerprint density at radius 3 is 1.42 bits per heavy atom. The van der Waals surface area contributed by atoms with Gasteiger partial charge in [-0.05, 0) is 0 Å². The molecule has 0 bridgehead atoms. The number of rotatable bonds is 6. The maximum absolute atomic E-state index is 2.58. The van der Waals surface area contributed by atoms with Crippen LogP contribution in [0.4, 0.5) is 0 Å². The third-order valence-corrected chi connectivity index (χ3v) is 15.6. The summed E-state index contributed by atoms with van der Waals surface area (Å²) in [5, 5.41) is 0. The molecule has 3 heteroatoms. The monoisotopic (exact) mass is 488 g/mol. The standard InChI is InChI=1S/2C13H15.C2H4.2ClH.Ti/c2*1-10(2)7-11-8-12-5-3-4-6-13(12)9-11;1-2;;;/h2*3-6,8-10H,7H2,1-2H3;1-2H2;2*1H;/q;;;;;+2/p-2. The second kappa shape index (κ2) is 9.60. The zero-order valence-electron chi connectivity index (χ0n) is 19.2. The summed E-state index contributed by atoms with van der Waals surface area (Å²) in [5.41, 5.74) is 9.93. The van der Waals surface area contributed by atoms with E-state index in [9.17, 15) is 0 Å². The third kappa shape index (κ3) is 4.39. The van der Waals surface area contributed by atoms with E-state index >= 15 is 0 Å². The molecule has 0 spiro atoms. The Labute approximate surface area is 204 Å². The van der Waals surface area contributed by atoms with E-state index in [4.69, 9.17) is 0 Å². The Kier molecular flexibility index (Phi) is 7.70. The zero-order valence-corrected chi connectivity index (χ0v) is 22.2. The minimum Gasteiger partial charge on any atom is -1.00 e. The summed E-state index contributed by atoms with van der Waals surface area (Å²) in [6.45, 7) is 9.57. The maximum Gasteiger partial charge on any atom is -1.00 e. The number of fused-ring (bicyclic) bond motifs is 2. The van der Waals surface area contributed by atoms with Gasteiger partial charge >= 0.3 is 181 Å². The van der Waals surface area contributed by atoms with Crippen molar-refractivity contribution in [2.45, 2.75) is 58.4 Å². The van der Waals surface area contributed by atoms with Crippen LogP contribution in [0.25, 0.3) is 12.2 Å². The van der Waals surface area contributed by atoms with Crippen molar-refractivity contribution >= 4 is 12.2 Å². The van der Waals surface area contributed by atoms with Crippen molar-refractivity contribution in [3.8, 4) is 0 Å². The molecule has 0 aromatic heterocycles. The van der Waals surface area contributed by atoms with Gasteiger partial charge in [-0.2, -0.15) is 0 Å². The number of hydrogen-bond donors (Lipinski definition) is 0. The third-order valence-electron chi connectivity index (χ3n) is 7.30. The fourth-order valence-electron chi connectivity index (χ4n) is 6.32. The van der Waals surface area contributed by atoms with Gasteiger partial charge in [-0.1, -0.05) is 0 Å². The predicted molar refractivity (Wildman–Crippen MR) is 123 cm³/mol. The van der Waals surface area contributed by atoms with Gasteiger partial charge in [-0.3, -0.25) is 0 Å². The molecular weight excluding hydrogens is 455 g/mol. The molecule has 1 fully saturated rings. The first kappa shape index (κ1) is 24.8. The van der Waals surface area contributed by atoms with Crippen molar-refractivity contribution < 1.29 is 41.4 Å². The fourth-order valence-corrected chi connectivity index (χ4v) is 16.6. The topological polar surface area (TPSA) is 0 Å². The molecule has 0 nitrogen and oxygen atoms in total. The molecule has 2 aromatic carbocycles. The normalized spacial score (nSPS) is 21.2. The van der Waals surface area contributed by atoms with Crippen LogP contribution in [0, 0.1) is 11.8 Å². The van der Waals surface area contributed by atoms with E-state index < -0.39 is 16.6 Å². The summed E-state index contributed by atoms with van der Waals surface area (Å²) in [7, 11) is 0. The molecule has 1 heterocycles. The molecule has 0 saturated carbocycles. The van der Waals surface area contributed by atoms with E-state index in [1.165, 1.54) is 24.0 Å². The van der Waals surface area contributed by atoms with Crippen LogP contribution in [0.2, 0.25) is 9.45 Å². The van der Waals surface area contributed by atoms with Crippen molar-refractivity contribution in [2.24, 2.45) is 11.8 Å². The van der Waals surface area contributed by atoms with Crippen molar-refractivity contribution in [1.82, 2.24) is 0 Å². The summed E-state index contributed by atoms with van der Waals surface area (Å²) in [6.07, 6.45) is 7.70. The smallest absolute Gasteiger partial charge is 1.00 e. The summed E-state index contributed by atoms with van der Waals surface area (Å²) in [4.78, 5) is 0. The molecule has 0 radical (unpaired) electrons. The minimum atomic E-state index is -2.14. The van der Waals surface area contributed by atoms with Gasteiger partial charge in [0.25, 0.3) is 0 Å². The SMILES string of the molecule is CC(C)CC1=Cc2ccccc2[CH]1[Ti+2]1([CH]2C(CC(C)C)=Cc3ccccc32)[CH2][CH2]1.[Cl-].[Cl-]. The molecule has 0 amide bonds. The fraction of sp³-hybridized carbons (Fsp3) is 0.429. The average Bonchev–Trinajstić information content (AvgIpc) is 3.23. The van der Waals surface area contributed by atoms with Gasteiger partial charge in [0.05, 0.1) is 0 Å². The van der Waals surface area contributed by atoms with Crippen molar-refractivity contribution in [2.75, 3.05) is 0 Å². The van der Waals surface area contributed by atoms with Crippen molar-refractivity contribution in [3.63, 3.8) is 0 Å². The Morgan fingerprint density at radius 1 is 0.677 bits per heavy atom. The van der Waals surface area contributed by atoms with Gasteiger partial charge in [0.2, 0.25) is 0 Å². The van der Waals surface area contributed by atoms with E-state index in [1.807, 2.05) is 0 Å². The van der Waals surface area contributed by atoms with Gasteiger partial charge in [0.15, 0.2) is 0 Å². The Balaban J connectivity index is 0.00000136. The molecule has 2 aromatic rings. The van der Waals surface area contributed by atoms with Gasteiger partial charge in [-0.15, -0.1) is 0 Å². The molecule has 2 unspecified atom stereocenters. The van der Waals surface area contributed by atoms with Crippen LogP contribution in [0.15, 0.2) is 59.7 Å². The van der Waals surface area contributed by atoms with Crippen LogP contribution in [-0.2, 0) is 16.6 Å². The first-order valence-corrected chi connectivity index (χ1v) is 15.6.